The molecule has 1 saturated heterocycles. The maximum absolute atomic E-state index is 13.2. The van der Waals surface area contributed by atoms with Gasteiger partial charge < -0.3 is 15.5 Å². The number of hydrogen-bond acceptors (Lipinski definition) is 2. The fourth-order valence-electron chi connectivity index (χ4n) is 5.19. The molecule has 2 saturated carbocycles. The largest absolute Gasteiger partial charge is 0.342 e. The van der Waals surface area contributed by atoms with Gasteiger partial charge in [0.2, 0.25) is 5.91 Å². The van der Waals surface area contributed by atoms with Crippen LogP contribution in [-0.4, -0.2) is 36.5 Å². The molecule has 0 spiro atoms. The molecule has 3 fully saturated rings. The quantitative estimate of drug-likeness (QED) is 0.847. The fourth-order valence-corrected chi connectivity index (χ4v) is 5.19. The molecule has 3 aliphatic rings. The molecule has 27 heavy (non-hydrogen) atoms. The second-order valence-corrected chi connectivity index (χ2v) is 8.42. The van der Waals surface area contributed by atoms with Crippen LogP contribution in [0.5, 0.6) is 0 Å². The van der Waals surface area contributed by atoms with Crippen molar-refractivity contribution in [1.29, 1.82) is 0 Å². The van der Waals surface area contributed by atoms with Gasteiger partial charge in [0, 0.05) is 31.2 Å². The molecule has 1 aromatic carbocycles. The lowest BCUT2D eigenvalue weighted by molar-refractivity contribution is -0.139. The molecular weight excluding hydrogens is 345 g/mol. The number of amides is 3. The number of likely N-dealkylation sites (tertiary alicyclic amines) is 1. The van der Waals surface area contributed by atoms with Gasteiger partial charge in [0.25, 0.3) is 0 Å². The highest BCUT2D eigenvalue weighted by Gasteiger charge is 2.44. The second-order valence-electron chi connectivity index (χ2n) is 8.42. The first-order valence-electron chi connectivity index (χ1n) is 10.2. The van der Waals surface area contributed by atoms with Crippen molar-refractivity contribution in [2.75, 3.05) is 25.0 Å². The van der Waals surface area contributed by atoms with Crippen molar-refractivity contribution < 1.29 is 14.0 Å². The lowest BCUT2D eigenvalue weighted by atomic mass is 9.86. The number of fused-ring (bicyclic) bond motifs is 2. The predicted molar refractivity (Wildman–Crippen MR) is 102 cm³/mol. The number of anilines is 1. The standard InChI is InChI=1S/C21H28FN3O2/c22-17-4-1-5-18(11-17)24-21(27)23-12-15-3-2-8-25(13-15)20(26)19-10-14-6-7-16(19)9-14/h1,4-5,11,14-16,19H,2-3,6-10,12-13H2,(H2,23,24,27)/t14-,15-,16-,19-/m0/s1. The summed E-state index contributed by atoms with van der Waals surface area (Å²) in [5, 5.41) is 5.51. The molecule has 4 rings (SSSR count). The van der Waals surface area contributed by atoms with Crippen LogP contribution in [0.25, 0.3) is 0 Å². The van der Waals surface area contributed by atoms with Crippen molar-refractivity contribution in [3.05, 3.63) is 30.1 Å². The molecule has 1 aliphatic heterocycles. The van der Waals surface area contributed by atoms with Gasteiger partial charge in [-0.25, -0.2) is 9.18 Å². The third-order valence-electron chi connectivity index (χ3n) is 6.52. The Balaban J connectivity index is 1.25. The topological polar surface area (TPSA) is 61.4 Å². The van der Waals surface area contributed by atoms with Crippen LogP contribution in [0.1, 0.15) is 38.5 Å². The lowest BCUT2D eigenvalue weighted by Gasteiger charge is -2.36. The average molecular weight is 373 g/mol. The zero-order chi connectivity index (χ0) is 18.8. The first-order valence-corrected chi connectivity index (χ1v) is 10.2. The molecular formula is C21H28FN3O2. The minimum Gasteiger partial charge on any atom is -0.342 e. The number of halogens is 1. The molecule has 6 heteroatoms. The number of benzene rings is 1. The number of carbonyl (C=O) groups excluding carboxylic acids is 2. The van der Waals surface area contributed by atoms with Crippen LogP contribution in [0, 0.1) is 29.5 Å². The molecule has 0 radical (unpaired) electrons. The van der Waals surface area contributed by atoms with Crippen molar-refractivity contribution in [3.8, 4) is 0 Å². The van der Waals surface area contributed by atoms with E-state index in [0.717, 1.165) is 38.3 Å². The molecule has 0 aromatic heterocycles. The van der Waals surface area contributed by atoms with Crippen molar-refractivity contribution in [2.24, 2.45) is 23.7 Å². The van der Waals surface area contributed by atoms with Gasteiger partial charge in [-0.15, -0.1) is 0 Å². The zero-order valence-electron chi connectivity index (χ0n) is 15.6. The Bertz CT molecular complexity index is 710. The van der Waals surface area contributed by atoms with Crippen LogP contribution < -0.4 is 10.6 Å². The number of urea groups is 1. The van der Waals surface area contributed by atoms with Gasteiger partial charge in [0.15, 0.2) is 0 Å². The van der Waals surface area contributed by atoms with E-state index in [0.29, 0.717) is 24.1 Å². The van der Waals surface area contributed by atoms with Gasteiger partial charge in [-0.2, -0.15) is 0 Å². The van der Waals surface area contributed by atoms with Crippen LogP contribution in [-0.2, 0) is 4.79 Å². The average Bonchev–Trinajstić information content (AvgIpc) is 3.29. The minimum atomic E-state index is -0.380. The zero-order valence-corrected chi connectivity index (χ0v) is 15.6. The Kier molecular flexibility index (Phi) is 5.32. The number of piperidine rings is 1. The predicted octanol–water partition coefficient (Wildman–Crippen LogP) is 3.62. The van der Waals surface area contributed by atoms with Crippen molar-refractivity contribution >= 4 is 17.6 Å². The normalized spacial score (nSPS) is 29.6. The molecule has 1 heterocycles. The molecule has 5 nitrogen and oxygen atoms in total. The van der Waals surface area contributed by atoms with Crippen LogP contribution >= 0.6 is 0 Å². The third kappa shape index (κ3) is 4.25. The van der Waals surface area contributed by atoms with E-state index in [-0.39, 0.29) is 23.7 Å². The number of nitrogens with zero attached hydrogens (tertiary/aromatic N) is 1. The van der Waals surface area contributed by atoms with E-state index in [2.05, 4.69) is 10.6 Å². The van der Waals surface area contributed by atoms with Gasteiger partial charge in [-0.3, -0.25) is 4.79 Å². The summed E-state index contributed by atoms with van der Waals surface area (Å²) in [6.07, 6.45) is 6.86. The van der Waals surface area contributed by atoms with E-state index in [9.17, 15) is 14.0 Å². The maximum atomic E-state index is 13.2. The van der Waals surface area contributed by atoms with Crippen molar-refractivity contribution in [1.82, 2.24) is 10.2 Å². The molecule has 146 valence electrons. The number of rotatable bonds is 4. The molecule has 2 aliphatic carbocycles. The molecule has 4 atom stereocenters. The van der Waals surface area contributed by atoms with Crippen LogP contribution in [0.15, 0.2) is 24.3 Å². The molecule has 2 bridgehead atoms. The van der Waals surface area contributed by atoms with E-state index in [1.807, 2.05) is 4.90 Å². The minimum absolute atomic E-state index is 0.242. The van der Waals surface area contributed by atoms with Gasteiger partial charge >= 0.3 is 6.03 Å². The van der Waals surface area contributed by atoms with Crippen molar-refractivity contribution in [3.63, 3.8) is 0 Å². The van der Waals surface area contributed by atoms with Gasteiger partial charge in [-0.05, 0) is 68.1 Å². The van der Waals surface area contributed by atoms with Crippen LogP contribution in [0.2, 0.25) is 0 Å². The summed E-state index contributed by atoms with van der Waals surface area (Å²) < 4.78 is 13.2. The van der Waals surface area contributed by atoms with Crippen molar-refractivity contribution in [2.45, 2.75) is 38.5 Å². The second kappa shape index (κ2) is 7.87. The lowest BCUT2D eigenvalue weighted by Crippen LogP contribution is -2.47. The molecule has 2 N–H and O–H groups in total. The summed E-state index contributed by atoms with van der Waals surface area (Å²) in [7, 11) is 0. The van der Waals surface area contributed by atoms with E-state index in [1.165, 1.54) is 31.4 Å². The monoisotopic (exact) mass is 373 g/mol. The Morgan fingerprint density at radius 2 is 2.07 bits per heavy atom. The molecule has 0 unspecified atom stereocenters. The summed E-state index contributed by atoms with van der Waals surface area (Å²) in [6.45, 7) is 2.10. The van der Waals surface area contributed by atoms with Gasteiger partial charge in [0.1, 0.15) is 5.82 Å². The first-order chi connectivity index (χ1) is 13.1. The smallest absolute Gasteiger partial charge is 0.319 e. The summed E-state index contributed by atoms with van der Waals surface area (Å²) in [5.74, 6) is 1.87. The highest BCUT2D eigenvalue weighted by Crippen LogP contribution is 2.49. The Labute approximate surface area is 159 Å². The fraction of sp³-hybridized carbons (Fsp3) is 0.619. The van der Waals surface area contributed by atoms with Gasteiger partial charge in [0.05, 0.1) is 0 Å². The highest BCUT2D eigenvalue weighted by molar-refractivity contribution is 5.89. The summed E-state index contributed by atoms with van der Waals surface area (Å²) in [4.78, 5) is 27.0. The Hall–Kier alpha value is -2.11. The summed E-state index contributed by atoms with van der Waals surface area (Å²) in [6, 6.07) is 5.50. The van der Waals surface area contributed by atoms with Crippen LogP contribution in [0.4, 0.5) is 14.9 Å². The summed E-state index contributed by atoms with van der Waals surface area (Å²) in [5.41, 5.74) is 0.434. The SMILES string of the molecule is O=C(NC[C@@H]1CCCN(C(=O)[C@H]2C[C@H]3CC[C@H]2C3)C1)Nc1cccc(F)c1. The van der Waals surface area contributed by atoms with E-state index in [1.54, 1.807) is 12.1 Å². The molecule has 1 aromatic rings. The van der Waals surface area contributed by atoms with E-state index >= 15 is 0 Å². The number of nitrogens with one attached hydrogen (secondary N) is 2. The van der Waals surface area contributed by atoms with E-state index in [4.69, 9.17) is 0 Å². The van der Waals surface area contributed by atoms with Crippen LogP contribution in [0.3, 0.4) is 0 Å². The maximum Gasteiger partial charge on any atom is 0.319 e. The highest BCUT2D eigenvalue weighted by atomic mass is 19.1. The Morgan fingerprint density at radius 3 is 2.81 bits per heavy atom. The third-order valence-corrected chi connectivity index (χ3v) is 6.52. The number of carbonyl (C=O) groups is 2. The molecule has 3 amide bonds. The Morgan fingerprint density at radius 1 is 1.19 bits per heavy atom. The first kappa shape index (κ1) is 18.3. The van der Waals surface area contributed by atoms with E-state index < -0.39 is 0 Å². The summed E-state index contributed by atoms with van der Waals surface area (Å²) >= 11 is 0. The van der Waals surface area contributed by atoms with Gasteiger partial charge in [-0.1, -0.05) is 12.5 Å². The number of hydrogen-bond donors (Lipinski definition) is 2.